The first-order valence-corrected chi connectivity index (χ1v) is 4.37. The van der Waals surface area contributed by atoms with Crippen LogP contribution in [0.4, 0.5) is 0 Å². The average molecular weight is 188 g/mol. The lowest BCUT2D eigenvalue weighted by molar-refractivity contribution is 0.899. The molecule has 1 aliphatic rings. The SMILES string of the molecule is Clc1cc(Cl)c2c(n1)CCC2. The predicted octanol–water partition coefficient (Wildman–Crippen LogP) is 2.88. The van der Waals surface area contributed by atoms with Crippen molar-refractivity contribution in [3.63, 3.8) is 0 Å². The standard InChI is InChI=1S/C8H7Cl2N/c9-6-4-8(10)11-7-3-1-2-5(6)7/h4H,1-3H2. The minimum atomic E-state index is 0.510. The van der Waals surface area contributed by atoms with E-state index >= 15 is 0 Å². The summed E-state index contributed by atoms with van der Waals surface area (Å²) in [5.74, 6) is 0. The molecule has 1 aliphatic carbocycles. The van der Waals surface area contributed by atoms with Crippen molar-refractivity contribution in [3.8, 4) is 0 Å². The summed E-state index contributed by atoms with van der Waals surface area (Å²) in [5.41, 5.74) is 2.28. The molecule has 11 heavy (non-hydrogen) atoms. The Labute approximate surface area is 75.3 Å². The lowest BCUT2D eigenvalue weighted by Crippen LogP contribution is -1.88. The maximum Gasteiger partial charge on any atom is 0.130 e. The van der Waals surface area contributed by atoms with Crippen LogP contribution in [0.3, 0.4) is 0 Å². The van der Waals surface area contributed by atoms with Crippen LogP contribution in [0.2, 0.25) is 10.2 Å². The van der Waals surface area contributed by atoms with E-state index in [0.717, 1.165) is 30.0 Å². The van der Waals surface area contributed by atoms with Gasteiger partial charge in [0.15, 0.2) is 0 Å². The van der Waals surface area contributed by atoms with E-state index in [4.69, 9.17) is 23.2 Å². The maximum atomic E-state index is 5.95. The first-order valence-electron chi connectivity index (χ1n) is 3.61. The average Bonchev–Trinajstić information content (AvgIpc) is 2.34. The predicted molar refractivity (Wildman–Crippen MR) is 46.3 cm³/mol. The Bertz CT molecular complexity index is 296. The summed E-state index contributed by atoms with van der Waals surface area (Å²) >= 11 is 11.7. The summed E-state index contributed by atoms with van der Waals surface area (Å²) in [7, 11) is 0. The Morgan fingerprint density at radius 1 is 1.27 bits per heavy atom. The van der Waals surface area contributed by atoms with Gasteiger partial charge in [-0.05, 0) is 30.9 Å². The van der Waals surface area contributed by atoms with Crippen molar-refractivity contribution in [2.24, 2.45) is 0 Å². The molecule has 1 aromatic heterocycles. The van der Waals surface area contributed by atoms with Crippen LogP contribution in [0.5, 0.6) is 0 Å². The first kappa shape index (κ1) is 7.38. The van der Waals surface area contributed by atoms with Crippen LogP contribution in [0.1, 0.15) is 17.7 Å². The molecule has 0 spiro atoms. The minimum Gasteiger partial charge on any atom is -0.241 e. The van der Waals surface area contributed by atoms with Gasteiger partial charge in [0, 0.05) is 10.7 Å². The summed E-state index contributed by atoms with van der Waals surface area (Å²) < 4.78 is 0. The molecule has 58 valence electrons. The molecular formula is C8H7Cl2N. The zero-order chi connectivity index (χ0) is 7.84. The Hall–Kier alpha value is -0.270. The molecule has 0 N–H and O–H groups in total. The number of pyridine rings is 1. The number of nitrogens with zero attached hydrogens (tertiary/aromatic N) is 1. The number of hydrogen-bond donors (Lipinski definition) is 0. The number of fused-ring (bicyclic) bond motifs is 1. The van der Waals surface area contributed by atoms with Crippen molar-refractivity contribution >= 4 is 23.2 Å². The van der Waals surface area contributed by atoms with Crippen LogP contribution < -0.4 is 0 Å². The molecule has 3 heteroatoms. The van der Waals surface area contributed by atoms with Crippen LogP contribution in [0, 0.1) is 0 Å². The van der Waals surface area contributed by atoms with Crippen molar-refractivity contribution in [1.82, 2.24) is 4.98 Å². The van der Waals surface area contributed by atoms with Gasteiger partial charge in [-0.25, -0.2) is 4.98 Å². The Kier molecular flexibility index (Phi) is 1.78. The van der Waals surface area contributed by atoms with Gasteiger partial charge < -0.3 is 0 Å². The van der Waals surface area contributed by atoms with Crippen LogP contribution in [0.25, 0.3) is 0 Å². The monoisotopic (exact) mass is 187 g/mol. The van der Waals surface area contributed by atoms with E-state index in [1.165, 1.54) is 5.56 Å². The third-order valence-corrected chi connectivity index (χ3v) is 2.50. The van der Waals surface area contributed by atoms with E-state index < -0.39 is 0 Å². The third-order valence-electron chi connectivity index (χ3n) is 1.96. The highest BCUT2D eigenvalue weighted by Crippen LogP contribution is 2.29. The molecule has 0 aliphatic heterocycles. The van der Waals surface area contributed by atoms with Gasteiger partial charge in [0.25, 0.3) is 0 Å². The summed E-state index contributed by atoms with van der Waals surface area (Å²) in [6, 6.07) is 1.72. The minimum absolute atomic E-state index is 0.510. The van der Waals surface area contributed by atoms with Gasteiger partial charge in [-0.2, -0.15) is 0 Å². The lowest BCUT2D eigenvalue weighted by Gasteiger charge is -2.00. The molecule has 0 aromatic carbocycles. The summed E-state index contributed by atoms with van der Waals surface area (Å²) in [6.07, 6.45) is 3.23. The van der Waals surface area contributed by atoms with Gasteiger partial charge >= 0.3 is 0 Å². The van der Waals surface area contributed by atoms with Gasteiger partial charge in [0.2, 0.25) is 0 Å². The molecule has 0 saturated carbocycles. The molecular weight excluding hydrogens is 181 g/mol. The fourth-order valence-corrected chi connectivity index (χ4v) is 2.04. The Morgan fingerprint density at radius 3 is 2.91 bits per heavy atom. The lowest BCUT2D eigenvalue weighted by atomic mass is 10.2. The Morgan fingerprint density at radius 2 is 2.09 bits per heavy atom. The van der Waals surface area contributed by atoms with Gasteiger partial charge in [0.05, 0.1) is 0 Å². The van der Waals surface area contributed by atoms with Crippen molar-refractivity contribution < 1.29 is 0 Å². The molecule has 1 nitrogen and oxygen atoms in total. The number of halogens is 2. The van der Waals surface area contributed by atoms with Crippen LogP contribution in [0.15, 0.2) is 6.07 Å². The zero-order valence-electron chi connectivity index (χ0n) is 5.90. The summed E-state index contributed by atoms with van der Waals surface area (Å²) in [4.78, 5) is 4.20. The molecule has 1 aromatic rings. The van der Waals surface area contributed by atoms with Crippen molar-refractivity contribution in [2.75, 3.05) is 0 Å². The van der Waals surface area contributed by atoms with Gasteiger partial charge in [-0.1, -0.05) is 23.2 Å². The summed E-state index contributed by atoms with van der Waals surface area (Å²) in [5, 5.41) is 1.29. The van der Waals surface area contributed by atoms with Crippen molar-refractivity contribution in [1.29, 1.82) is 0 Å². The number of hydrogen-bond acceptors (Lipinski definition) is 1. The third kappa shape index (κ3) is 1.23. The smallest absolute Gasteiger partial charge is 0.130 e. The van der Waals surface area contributed by atoms with Crippen molar-refractivity contribution in [3.05, 3.63) is 27.5 Å². The topological polar surface area (TPSA) is 12.9 Å². The molecule has 0 atom stereocenters. The summed E-state index contributed by atoms with van der Waals surface area (Å²) in [6.45, 7) is 0. The number of rotatable bonds is 0. The van der Waals surface area contributed by atoms with Gasteiger partial charge in [-0.15, -0.1) is 0 Å². The highest BCUT2D eigenvalue weighted by molar-refractivity contribution is 6.34. The zero-order valence-corrected chi connectivity index (χ0v) is 7.41. The van der Waals surface area contributed by atoms with Crippen LogP contribution >= 0.6 is 23.2 Å². The molecule has 0 bridgehead atoms. The van der Waals surface area contributed by atoms with Gasteiger partial charge in [0.1, 0.15) is 5.15 Å². The highest BCUT2D eigenvalue weighted by atomic mass is 35.5. The first-order chi connectivity index (χ1) is 5.27. The number of aromatic nitrogens is 1. The molecule has 0 amide bonds. The van der Waals surface area contributed by atoms with E-state index in [1.807, 2.05) is 0 Å². The number of aryl methyl sites for hydroxylation is 1. The van der Waals surface area contributed by atoms with E-state index in [2.05, 4.69) is 4.98 Å². The molecule has 2 rings (SSSR count). The quantitative estimate of drug-likeness (QED) is 0.570. The van der Waals surface area contributed by atoms with Crippen molar-refractivity contribution in [2.45, 2.75) is 19.3 Å². The molecule has 0 unspecified atom stereocenters. The molecule has 1 heterocycles. The highest BCUT2D eigenvalue weighted by Gasteiger charge is 2.15. The van der Waals surface area contributed by atoms with Crippen LogP contribution in [-0.2, 0) is 12.8 Å². The second-order valence-electron chi connectivity index (χ2n) is 2.71. The largest absolute Gasteiger partial charge is 0.241 e. The maximum absolute atomic E-state index is 5.95. The van der Waals surface area contributed by atoms with E-state index in [-0.39, 0.29) is 0 Å². The Balaban J connectivity index is 2.60. The molecule has 0 radical (unpaired) electrons. The molecule has 0 saturated heterocycles. The van der Waals surface area contributed by atoms with E-state index in [9.17, 15) is 0 Å². The molecule has 0 fully saturated rings. The fraction of sp³-hybridized carbons (Fsp3) is 0.375. The normalized spacial score (nSPS) is 15.1. The second kappa shape index (κ2) is 2.65. The fourth-order valence-electron chi connectivity index (χ4n) is 1.46. The van der Waals surface area contributed by atoms with E-state index in [0.29, 0.717) is 5.15 Å². The van der Waals surface area contributed by atoms with E-state index in [1.54, 1.807) is 6.07 Å². The van der Waals surface area contributed by atoms with Gasteiger partial charge in [-0.3, -0.25) is 0 Å². The van der Waals surface area contributed by atoms with Crippen LogP contribution in [-0.4, -0.2) is 4.98 Å². The second-order valence-corrected chi connectivity index (χ2v) is 3.50.